The maximum absolute atomic E-state index is 11.4. The molecule has 3 rings (SSSR count). The maximum atomic E-state index is 11.4. The molecular formula is C16H12ClIN4O. The van der Waals surface area contributed by atoms with Crippen LogP contribution in [0.3, 0.4) is 0 Å². The molecule has 0 fully saturated rings. The first-order valence-electron chi connectivity index (χ1n) is 6.79. The number of fused-ring (bicyclic) bond motifs is 1. The molecule has 0 atom stereocenters. The van der Waals surface area contributed by atoms with Crippen LogP contribution in [0.15, 0.2) is 48.8 Å². The van der Waals surface area contributed by atoms with Crippen molar-refractivity contribution in [3.63, 3.8) is 0 Å². The lowest BCUT2D eigenvalue weighted by Gasteiger charge is -2.10. The molecule has 0 unspecified atom stereocenters. The highest BCUT2D eigenvalue weighted by Crippen LogP contribution is 2.26. The van der Waals surface area contributed by atoms with Crippen LogP contribution in [0.2, 0.25) is 0 Å². The number of anilines is 3. The second-order valence-electron chi connectivity index (χ2n) is 4.77. The smallest absolute Gasteiger partial charge is 0.239 e. The van der Waals surface area contributed by atoms with Crippen LogP contribution >= 0.6 is 34.2 Å². The molecule has 0 saturated heterocycles. The van der Waals surface area contributed by atoms with Crippen LogP contribution < -0.4 is 10.6 Å². The fraction of sp³-hybridized carbons (Fsp3) is 0.0625. The van der Waals surface area contributed by atoms with E-state index in [2.05, 4.69) is 43.2 Å². The van der Waals surface area contributed by atoms with Crippen molar-refractivity contribution < 1.29 is 4.79 Å². The number of nitrogens with zero attached hydrogens (tertiary/aromatic N) is 2. The number of hydrogen-bond donors (Lipinski definition) is 2. The predicted molar refractivity (Wildman–Crippen MR) is 101 cm³/mol. The number of carbonyl (C=O) groups excluding carboxylic acids is 1. The Morgan fingerprint density at radius 2 is 2.00 bits per heavy atom. The number of benzene rings is 2. The van der Waals surface area contributed by atoms with Crippen molar-refractivity contribution in [2.45, 2.75) is 0 Å². The highest BCUT2D eigenvalue weighted by atomic mass is 127. The summed E-state index contributed by atoms with van der Waals surface area (Å²) in [5, 5.41) is 6.83. The van der Waals surface area contributed by atoms with Gasteiger partial charge in [0.25, 0.3) is 0 Å². The topological polar surface area (TPSA) is 66.9 Å². The first kappa shape index (κ1) is 15.9. The molecule has 1 aromatic heterocycles. The zero-order chi connectivity index (χ0) is 16.2. The van der Waals surface area contributed by atoms with Gasteiger partial charge in [0.2, 0.25) is 5.91 Å². The van der Waals surface area contributed by atoms with E-state index >= 15 is 0 Å². The van der Waals surface area contributed by atoms with Crippen LogP contribution in [-0.2, 0) is 4.79 Å². The number of aromatic nitrogens is 2. The summed E-state index contributed by atoms with van der Waals surface area (Å²) in [5.41, 5.74) is 2.38. The molecule has 1 amide bonds. The fourth-order valence-corrected chi connectivity index (χ4v) is 2.74. The van der Waals surface area contributed by atoms with E-state index in [0.717, 1.165) is 20.2 Å². The molecule has 0 saturated carbocycles. The molecule has 23 heavy (non-hydrogen) atoms. The first-order chi connectivity index (χ1) is 11.2. The van der Waals surface area contributed by atoms with Crippen molar-refractivity contribution in [3.05, 3.63) is 52.4 Å². The summed E-state index contributed by atoms with van der Waals surface area (Å²) in [4.78, 5) is 20.0. The number of nitrogens with one attached hydrogen (secondary N) is 2. The second kappa shape index (κ2) is 7.10. The monoisotopic (exact) mass is 438 g/mol. The van der Waals surface area contributed by atoms with Gasteiger partial charge >= 0.3 is 0 Å². The van der Waals surface area contributed by atoms with E-state index in [1.807, 2.05) is 36.4 Å². The van der Waals surface area contributed by atoms with Crippen molar-refractivity contribution in [1.29, 1.82) is 0 Å². The van der Waals surface area contributed by atoms with Crippen LogP contribution in [0, 0.1) is 3.57 Å². The highest BCUT2D eigenvalue weighted by Gasteiger charge is 2.07. The Morgan fingerprint density at radius 1 is 1.13 bits per heavy atom. The third-order valence-electron chi connectivity index (χ3n) is 3.13. The average molecular weight is 439 g/mol. The molecule has 7 heteroatoms. The van der Waals surface area contributed by atoms with Gasteiger partial charge in [-0.2, -0.15) is 0 Å². The predicted octanol–water partition coefficient (Wildman–Crippen LogP) is 4.16. The van der Waals surface area contributed by atoms with E-state index in [0.29, 0.717) is 11.5 Å². The quantitative estimate of drug-likeness (QED) is 0.474. The Hall–Kier alpha value is -1.93. The van der Waals surface area contributed by atoms with Gasteiger partial charge in [-0.25, -0.2) is 9.97 Å². The van der Waals surface area contributed by atoms with Crippen LogP contribution in [0.5, 0.6) is 0 Å². The molecule has 2 N–H and O–H groups in total. The van der Waals surface area contributed by atoms with Gasteiger partial charge in [-0.15, -0.1) is 11.6 Å². The van der Waals surface area contributed by atoms with Crippen molar-refractivity contribution in [2.24, 2.45) is 0 Å². The number of alkyl halides is 1. The standard InChI is InChI=1S/C16H12ClIN4O/c17-8-15(23)21-12-4-5-14-13(7-12)16(20-9-19-14)22-11-3-1-2-10(18)6-11/h1-7,9H,8H2,(H,21,23)(H,19,20,22). The van der Waals surface area contributed by atoms with Gasteiger partial charge in [-0.1, -0.05) is 6.07 Å². The summed E-state index contributed by atoms with van der Waals surface area (Å²) in [6, 6.07) is 13.4. The number of amides is 1. The van der Waals surface area contributed by atoms with E-state index in [1.54, 1.807) is 6.07 Å². The van der Waals surface area contributed by atoms with Crippen molar-refractivity contribution in [3.8, 4) is 0 Å². The summed E-state index contributed by atoms with van der Waals surface area (Å²) >= 11 is 7.78. The largest absolute Gasteiger partial charge is 0.340 e. The minimum Gasteiger partial charge on any atom is -0.340 e. The Labute approximate surface area is 151 Å². The van der Waals surface area contributed by atoms with E-state index < -0.39 is 0 Å². The Morgan fingerprint density at radius 3 is 2.78 bits per heavy atom. The van der Waals surface area contributed by atoms with E-state index in [4.69, 9.17) is 11.6 Å². The number of rotatable bonds is 4. The van der Waals surface area contributed by atoms with Gasteiger partial charge in [0.15, 0.2) is 0 Å². The number of hydrogen-bond acceptors (Lipinski definition) is 4. The summed E-state index contributed by atoms with van der Waals surface area (Å²) in [6.07, 6.45) is 1.51. The summed E-state index contributed by atoms with van der Waals surface area (Å²) in [6.45, 7) is 0. The molecule has 5 nitrogen and oxygen atoms in total. The van der Waals surface area contributed by atoms with Gasteiger partial charge in [0.05, 0.1) is 5.52 Å². The third kappa shape index (κ3) is 3.89. The third-order valence-corrected chi connectivity index (χ3v) is 4.04. The lowest BCUT2D eigenvalue weighted by molar-refractivity contribution is -0.113. The van der Waals surface area contributed by atoms with Gasteiger partial charge in [-0.05, 0) is 59.0 Å². The SMILES string of the molecule is O=C(CCl)Nc1ccc2ncnc(Nc3cccc(I)c3)c2c1. The molecule has 0 radical (unpaired) electrons. The van der Waals surface area contributed by atoms with Crippen LogP contribution in [0.25, 0.3) is 10.9 Å². The van der Waals surface area contributed by atoms with E-state index in [1.165, 1.54) is 6.33 Å². The van der Waals surface area contributed by atoms with Crippen molar-refractivity contribution >= 4 is 68.2 Å². The summed E-state index contributed by atoms with van der Waals surface area (Å²) in [5.74, 6) is 0.339. The minimum absolute atomic E-state index is 0.0864. The lowest BCUT2D eigenvalue weighted by Crippen LogP contribution is -2.12. The summed E-state index contributed by atoms with van der Waals surface area (Å²) < 4.78 is 1.13. The molecule has 0 aliphatic heterocycles. The normalized spacial score (nSPS) is 10.5. The molecular weight excluding hydrogens is 427 g/mol. The molecule has 0 spiro atoms. The minimum atomic E-state index is -0.255. The molecule has 0 aliphatic carbocycles. The molecule has 1 heterocycles. The Bertz CT molecular complexity index is 872. The van der Waals surface area contributed by atoms with Gasteiger partial charge < -0.3 is 10.6 Å². The zero-order valence-corrected chi connectivity index (χ0v) is 14.8. The average Bonchev–Trinajstić information content (AvgIpc) is 2.55. The maximum Gasteiger partial charge on any atom is 0.239 e. The number of carbonyl (C=O) groups is 1. The van der Waals surface area contributed by atoms with Crippen LogP contribution in [0.4, 0.5) is 17.2 Å². The molecule has 3 aromatic rings. The highest BCUT2D eigenvalue weighted by molar-refractivity contribution is 14.1. The second-order valence-corrected chi connectivity index (χ2v) is 6.28. The van der Waals surface area contributed by atoms with Crippen LogP contribution in [-0.4, -0.2) is 21.8 Å². The van der Waals surface area contributed by atoms with Crippen molar-refractivity contribution in [1.82, 2.24) is 9.97 Å². The molecule has 0 aliphatic rings. The Kier molecular flexibility index (Phi) is 4.92. The first-order valence-corrected chi connectivity index (χ1v) is 8.40. The fourth-order valence-electron chi connectivity index (χ4n) is 2.13. The van der Waals surface area contributed by atoms with Gasteiger partial charge in [-0.3, -0.25) is 4.79 Å². The molecule has 2 aromatic carbocycles. The van der Waals surface area contributed by atoms with Gasteiger partial charge in [0, 0.05) is 20.3 Å². The van der Waals surface area contributed by atoms with E-state index in [-0.39, 0.29) is 11.8 Å². The molecule has 0 bridgehead atoms. The lowest BCUT2D eigenvalue weighted by atomic mass is 10.2. The van der Waals surface area contributed by atoms with Crippen molar-refractivity contribution in [2.75, 3.05) is 16.5 Å². The zero-order valence-electron chi connectivity index (χ0n) is 11.9. The summed E-state index contributed by atoms with van der Waals surface area (Å²) in [7, 11) is 0. The van der Waals surface area contributed by atoms with Crippen LogP contribution in [0.1, 0.15) is 0 Å². The molecule has 116 valence electrons. The van der Waals surface area contributed by atoms with Gasteiger partial charge in [0.1, 0.15) is 18.0 Å². The number of halogens is 2. The van der Waals surface area contributed by atoms with E-state index in [9.17, 15) is 4.79 Å². The Balaban J connectivity index is 1.99.